The van der Waals surface area contributed by atoms with Gasteiger partial charge in [0.15, 0.2) is 0 Å². The van der Waals surface area contributed by atoms with Crippen LogP contribution in [0.2, 0.25) is 0 Å². The van der Waals surface area contributed by atoms with Crippen LogP contribution in [0.15, 0.2) is 0 Å². The molecule has 0 aromatic heterocycles. The molecule has 0 aliphatic rings. The molecule has 0 heterocycles. The van der Waals surface area contributed by atoms with Gasteiger partial charge < -0.3 is 32.9 Å². The summed E-state index contributed by atoms with van der Waals surface area (Å²) in [4.78, 5) is 25.2. The maximum absolute atomic E-state index is 12.8. The number of nitrogens with two attached hydrogens (primary N) is 3. The van der Waals surface area contributed by atoms with E-state index in [1.165, 1.54) is 0 Å². The molecule has 0 rings (SSSR count). The minimum absolute atomic E-state index is 0.0875. The van der Waals surface area contributed by atoms with E-state index < -0.39 is 12.1 Å². The number of hydrogen-bond donors (Lipinski definition) is 6. The van der Waals surface area contributed by atoms with Gasteiger partial charge in [-0.25, -0.2) is 0 Å². The molecule has 8 heteroatoms. The number of carbonyl (C=O) groups is 2. The van der Waals surface area contributed by atoms with Gasteiger partial charge in [0.25, 0.3) is 0 Å². The van der Waals surface area contributed by atoms with Crippen molar-refractivity contribution in [2.24, 2.45) is 28.0 Å². The van der Waals surface area contributed by atoms with Crippen molar-refractivity contribution in [2.75, 3.05) is 26.2 Å². The van der Waals surface area contributed by atoms with E-state index >= 15 is 0 Å². The first-order valence-corrected chi connectivity index (χ1v) is 10.8. The summed E-state index contributed by atoms with van der Waals surface area (Å²) < 4.78 is 0. The fraction of sp³-hybridized carbons (Fsp3) is 0.905. The lowest BCUT2D eigenvalue weighted by atomic mass is 9.75. The van der Waals surface area contributed by atoms with Gasteiger partial charge in [0.05, 0.1) is 6.04 Å². The van der Waals surface area contributed by atoms with E-state index in [-0.39, 0.29) is 29.3 Å². The fourth-order valence-corrected chi connectivity index (χ4v) is 3.54. The van der Waals surface area contributed by atoms with Crippen LogP contribution in [0.5, 0.6) is 0 Å². The highest BCUT2D eigenvalue weighted by Gasteiger charge is 2.30. The van der Waals surface area contributed by atoms with Crippen molar-refractivity contribution in [1.82, 2.24) is 10.6 Å². The molecule has 0 aromatic rings. The third-order valence-corrected chi connectivity index (χ3v) is 5.01. The third-order valence-electron chi connectivity index (χ3n) is 5.01. The highest BCUT2D eigenvalue weighted by molar-refractivity contribution is 5.89. The summed E-state index contributed by atoms with van der Waals surface area (Å²) >= 11 is 0. The van der Waals surface area contributed by atoms with Crippen molar-refractivity contribution < 1.29 is 14.7 Å². The van der Waals surface area contributed by atoms with Crippen molar-refractivity contribution in [3.8, 4) is 0 Å². The van der Waals surface area contributed by atoms with Crippen LogP contribution in [0.1, 0.15) is 72.6 Å². The molecule has 2 atom stereocenters. The van der Waals surface area contributed by atoms with Gasteiger partial charge in [-0.3, -0.25) is 9.59 Å². The van der Waals surface area contributed by atoms with Crippen LogP contribution in [-0.2, 0) is 9.59 Å². The van der Waals surface area contributed by atoms with Gasteiger partial charge in [-0.15, -0.1) is 0 Å². The van der Waals surface area contributed by atoms with Crippen LogP contribution in [0.25, 0.3) is 0 Å². The van der Waals surface area contributed by atoms with Crippen molar-refractivity contribution in [2.45, 2.75) is 84.7 Å². The molecular formula is C21H45N5O3. The first-order valence-electron chi connectivity index (χ1n) is 10.8. The second kappa shape index (κ2) is 13.9. The molecule has 29 heavy (non-hydrogen) atoms. The van der Waals surface area contributed by atoms with Crippen LogP contribution in [0, 0.1) is 10.8 Å². The van der Waals surface area contributed by atoms with Crippen LogP contribution >= 0.6 is 0 Å². The molecule has 0 saturated carbocycles. The zero-order valence-electron chi connectivity index (χ0n) is 18.9. The van der Waals surface area contributed by atoms with E-state index in [0.717, 1.165) is 32.1 Å². The molecule has 0 aromatic carbocycles. The lowest BCUT2D eigenvalue weighted by Crippen LogP contribution is -2.52. The topological polar surface area (TPSA) is 156 Å². The predicted molar refractivity (Wildman–Crippen MR) is 118 cm³/mol. The van der Waals surface area contributed by atoms with Gasteiger partial charge in [0.1, 0.15) is 6.04 Å². The van der Waals surface area contributed by atoms with Crippen molar-refractivity contribution in [3.63, 3.8) is 0 Å². The largest absolute Gasteiger partial charge is 0.396 e. The number of amides is 2. The number of rotatable bonds is 16. The number of unbranched alkanes of at least 4 members (excludes halogenated alkanes) is 2. The Labute approximate surface area is 176 Å². The summed E-state index contributed by atoms with van der Waals surface area (Å²) in [6, 6.07) is -1.27. The van der Waals surface area contributed by atoms with E-state index in [9.17, 15) is 14.7 Å². The van der Waals surface area contributed by atoms with Crippen LogP contribution in [-0.4, -0.2) is 55.2 Å². The Morgan fingerprint density at radius 1 is 0.897 bits per heavy atom. The van der Waals surface area contributed by atoms with E-state index in [1.807, 2.05) is 13.8 Å². The molecule has 0 aliphatic heterocycles. The molecule has 9 N–H and O–H groups in total. The monoisotopic (exact) mass is 415 g/mol. The summed E-state index contributed by atoms with van der Waals surface area (Å²) in [5.74, 6) is -0.519. The molecule has 2 amide bonds. The molecule has 0 aliphatic carbocycles. The fourth-order valence-electron chi connectivity index (χ4n) is 3.54. The smallest absolute Gasteiger partial charge is 0.242 e. The summed E-state index contributed by atoms with van der Waals surface area (Å²) in [6.07, 6.45) is 4.96. The summed E-state index contributed by atoms with van der Waals surface area (Å²) in [5, 5.41) is 15.3. The molecule has 0 bridgehead atoms. The Bertz CT molecular complexity index is 483. The second-order valence-corrected chi connectivity index (χ2v) is 9.62. The van der Waals surface area contributed by atoms with Crippen LogP contribution in [0.3, 0.4) is 0 Å². The number of nitrogens with one attached hydrogen (secondary N) is 2. The van der Waals surface area contributed by atoms with Crippen molar-refractivity contribution in [3.05, 3.63) is 0 Å². The van der Waals surface area contributed by atoms with Crippen LogP contribution < -0.4 is 27.8 Å². The minimum atomic E-state index is -0.645. The van der Waals surface area contributed by atoms with E-state index in [1.54, 1.807) is 0 Å². The predicted octanol–water partition coefficient (Wildman–Crippen LogP) is 0.608. The Morgan fingerprint density at radius 3 is 1.97 bits per heavy atom. The zero-order valence-corrected chi connectivity index (χ0v) is 18.9. The second-order valence-electron chi connectivity index (χ2n) is 9.62. The summed E-state index contributed by atoms with van der Waals surface area (Å²) in [7, 11) is 0. The van der Waals surface area contributed by atoms with Crippen LogP contribution in [0.4, 0.5) is 0 Å². The molecule has 0 radical (unpaired) electrons. The van der Waals surface area contributed by atoms with Gasteiger partial charge in [0, 0.05) is 13.2 Å². The Kier molecular flexibility index (Phi) is 13.3. The van der Waals surface area contributed by atoms with Gasteiger partial charge in [-0.05, 0) is 62.4 Å². The Balaban J connectivity index is 4.84. The minimum Gasteiger partial charge on any atom is -0.396 e. The van der Waals surface area contributed by atoms with Gasteiger partial charge >= 0.3 is 0 Å². The highest BCUT2D eigenvalue weighted by Crippen LogP contribution is 2.32. The lowest BCUT2D eigenvalue weighted by molar-refractivity contribution is -0.130. The first kappa shape index (κ1) is 27.8. The normalized spacial score (nSPS) is 14.3. The SMILES string of the molecule is CC(C)(CO)CC(C)(C)CNC(=O)C(CCCCN)NC(=O)C(N)CCCCN. The number of hydrogen-bond acceptors (Lipinski definition) is 6. The van der Waals surface area contributed by atoms with Gasteiger partial charge in [-0.1, -0.05) is 34.1 Å². The van der Waals surface area contributed by atoms with Crippen molar-refractivity contribution in [1.29, 1.82) is 0 Å². The number of aliphatic hydroxyl groups is 1. The molecule has 0 fully saturated rings. The van der Waals surface area contributed by atoms with Gasteiger partial charge in [0.2, 0.25) is 11.8 Å². The number of carbonyl (C=O) groups excluding carboxylic acids is 2. The highest BCUT2D eigenvalue weighted by atomic mass is 16.3. The molecule has 0 spiro atoms. The third kappa shape index (κ3) is 12.8. The quantitative estimate of drug-likeness (QED) is 0.203. The Hall–Kier alpha value is -1.22. The Morgan fingerprint density at radius 2 is 1.45 bits per heavy atom. The zero-order chi connectivity index (χ0) is 22.5. The average Bonchev–Trinajstić information content (AvgIpc) is 2.64. The van der Waals surface area contributed by atoms with Crippen molar-refractivity contribution >= 4 is 11.8 Å². The maximum atomic E-state index is 12.8. The number of aliphatic hydroxyl groups excluding tert-OH is 1. The standard InChI is InChI=1S/C21H45N5O3/c1-20(2,13-21(3,4)15-27)14-25-19(29)17(10-6-8-12-23)26-18(28)16(24)9-5-7-11-22/h16-17,27H,5-15,22-24H2,1-4H3,(H,25,29)(H,26,28). The molecule has 0 saturated heterocycles. The molecule has 172 valence electrons. The summed E-state index contributed by atoms with van der Waals surface area (Å²) in [6.45, 7) is 9.77. The molecular weight excluding hydrogens is 370 g/mol. The van der Waals surface area contributed by atoms with Gasteiger partial charge in [-0.2, -0.15) is 0 Å². The molecule has 8 nitrogen and oxygen atoms in total. The first-order chi connectivity index (χ1) is 13.5. The van der Waals surface area contributed by atoms with E-state index in [0.29, 0.717) is 32.5 Å². The average molecular weight is 416 g/mol. The summed E-state index contributed by atoms with van der Waals surface area (Å²) in [5.41, 5.74) is 16.6. The maximum Gasteiger partial charge on any atom is 0.242 e. The van der Waals surface area contributed by atoms with E-state index in [4.69, 9.17) is 17.2 Å². The lowest BCUT2D eigenvalue weighted by Gasteiger charge is -2.34. The molecule has 2 unspecified atom stereocenters. The van der Waals surface area contributed by atoms with E-state index in [2.05, 4.69) is 24.5 Å².